The summed E-state index contributed by atoms with van der Waals surface area (Å²) in [7, 11) is 0. The van der Waals surface area contributed by atoms with Crippen LogP contribution in [0.3, 0.4) is 0 Å². The minimum absolute atomic E-state index is 0.105. The van der Waals surface area contributed by atoms with Gasteiger partial charge in [0, 0.05) is 35.3 Å². The second kappa shape index (κ2) is 12.9. The molecule has 1 aliphatic heterocycles. The van der Waals surface area contributed by atoms with E-state index in [-0.39, 0.29) is 28.9 Å². The van der Waals surface area contributed by atoms with E-state index < -0.39 is 11.9 Å². The van der Waals surface area contributed by atoms with Crippen molar-refractivity contribution in [3.05, 3.63) is 123 Å². The van der Waals surface area contributed by atoms with E-state index in [1.807, 2.05) is 24.3 Å². The molecule has 3 atom stereocenters. The predicted molar refractivity (Wildman–Crippen MR) is 165 cm³/mol. The van der Waals surface area contributed by atoms with Crippen LogP contribution in [0.2, 0.25) is 5.02 Å². The van der Waals surface area contributed by atoms with Gasteiger partial charge in [0.05, 0.1) is 35.6 Å². The average Bonchev–Trinajstić information content (AvgIpc) is 3.53. The molecule has 12 heteroatoms. The van der Waals surface area contributed by atoms with Crippen molar-refractivity contribution in [2.24, 2.45) is 5.92 Å². The molecule has 5 aromatic rings. The maximum atomic E-state index is 13.8. The molecule has 0 saturated carbocycles. The summed E-state index contributed by atoms with van der Waals surface area (Å²) in [6, 6.07) is 20.0. The van der Waals surface area contributed by atoms with Gasteiger partial charge in [0.25, 0.3) is 5.56 Å². The lowest BCUT2D eigenvalue weighted by Crippen LogP contribution is -2.29. The summed E-state index contributed by atoms with van der Waals surface area (Å²) in [6.45, 7) is 3.89. The molecule has 0 radical (unpaired) electrons. The first-order chi connectivity index (χ1) is 21.7. The molecule has 6 rings (SSSR count). The smallest absolute Gasteiger partial charge is 0.316 e. The highest BCUT2D eigenvalue weighted by Crippen LogP contribution is 2.32. The van der Waals surface area contributed by atoms with Gasteiger partial charge in [-0.2, -0.15) is 13.2 Å². The van der Waals surface area contributed by atoms with E-state index in [0.29, 0.717) is 22.9 Å². The zero-order valence-corrected chi connectivity index (χ0v) is 25.2. The average molecular weight is 634 g/mol. The van der Waals surface area contributed by atoms with Crippen molar-refractivity contribution in [1.29, 1.82) is 0 Å². The van der Waals surface area contributed by atoms with Crippen LogP contribution in [0.25, 0.3) is 16.9 Å². The fourth-order valence-electron chi connectivity index (χ4n) is 5.86. The Morgan fingerprint density at radius 1 is 0.956 bits per heavy atom. The zero-order chi connectivity index (χ0) is 31.6. The maximum Gasteiger partial charge on any atom is 0.436 e. The van der Waals surface area contributed by atoms with Crippen LogP contribution in [0.15, 0.2) is 90.2 Å². The second-order valence-electron chi connectivity index (χ2n) is 11.4. The van der Waals surface area contributed by atoms with Gasteiger partial charge in [-0.15, -0.1) is 5.10 Å². The molecule has 2 aromatic carbocycles. The van der Waals surface area contributed by atoms with Crippen molar-refractivity contribution >= 4 is 11.6 Å². The molecule has 1 aliphatic rings. The van der Waals surface area contributed by atoms with E-state index in [2.05, 4.69) is 45.7 Å². The molecule has 3 aromatic heterocycles. The normalized spacial score (nSPS) is 19.4. The van der Waals surface area contributed by atoms with Crippen LogP contribution in [-0.2, 0) is 6.18 Å². The summed E-state index contributed by atoms with van der Waals surface area (Å²) in [5, 5.41) is 10.9. The third-order valence-electron chi connectivity index (χ3n) is 8.20. The molecule has 8 nitrogen and oxygen atoms in total. The van der Waals surface area contributed by atoms with E-state index >= 15 is 0 Å². The SMILES string of the molecule is C[C@@H]1CCC[C@H](n2cnc(-c3cc(Cl)ccc3-n3cc(C(F)(F)F)nn3)cc2=O)c2cc(ccn2)C(c2ccccc2)CNC1. The Bertz CT molecular complexity index is 1840. The van der Waals surface area contributed by atoms with Gasteiger partial charge in [0.15, 0.2) is 5.69 Å². The number of nitrogens with zero attached hydrogens (tertiary/aromatic N) is 6. The van der Waals surface area contributed by atoms with E-state index in [9.17, 15) is 18.0 Å². The highest BCUT2D eigenvalue weighted by atomic mass is 35.5. The molecule has 1 N–H and O–H groups in total. The van der Waals surface area contributed by atoms with Crippen LogP contribution in [0.5, 0.6) is 0 Å². The Morgan fingerprint density at radius 3 is 2.53 bits per heavy atom. The van der Waals surface area contributed by atoms with Crippen molar-refractivity contribution in [2.75, 3.05) is 13.1 Å². The van der Waals surface area contributed by atoms with Gasteiger partial charge in [-0.05, 0) is 66.8 Å². The number of rotatable bonds is 4. The summed E-state index contributed by atoms with van der Waals surface area (Å²) in [5.41, 5.74) is 2.45. The first-order valence-electron chi connectivity index (χ1n) is 14.8. The summed E-state index contributed by atoms with van der Waals surface area (Å²) in [5.74, 6) is 0.550. The number of nitrogens with one attached hydrogen (secondary N) is 1. The topological polar surface area (TPSA) is 90.5 Å². The molecular weight excluding hydrogens is 603 g/mol. The number of pyridine rings is 1. The molecular formula is C33H31ClF3N7O. The third kappa shape index (κ3) is 6.84. The van der Waals surface area contributed by atoms with Crippen molar-refractivity contribution in [3.63, 3.8) is 0 Å². The van der Waals surface area contributed by atoms with Crippen LogP contribution >= 0.6 is 11.6 Å². The highest BCUT2D eigenvalue weighted by Gasteiger charge is 2.35. The van der Waals surface area contributed by atoms with Crippen LogP contribution in [0.4, 0.5) is 13.2 Å². The fraction of sp³-hybridized carbons (Fsp3) is 0.303. The van der Waals surface area contributed by atoms with Gasteiger partial charge >= 0.3 is 6.18 Å². The minimum atomic E-state index is -4.65. The number of hydrogen-bond acceptors (Lipinski definition) is 6. The van der Waals surface area contributed by atoms with Gasteiger partial charge in [-0.3, -0.25) is 14.3 Å². The highest BCUT2D eigenvalue weighted by molar-refractivity contribution is 6.31. The third-order valence-corrected chi connectivity index (χ3v) is 8.44. The molecule has 1 unspecified atom stereocenters. The van der Waals surface area contributed by atoms with Gasteiger partial charge < -0.3 is 5.32 Å². The van der Waals surface area contributed by atoms with Crippen LogP contribution < -0.4 is 10.9 Å². The largest absolute Gasteiger partial charge is 0.436 e. The molecule has 0 saturated heterocycles. The molecule has 0 aliphatic carbocycles. The standard InChI is InChI=1S/C33H31ClF3N7O/c1-21-6-5-9-30(28-14-23(12-13-39-28)26(18-38-17-21)22-7-3-2-4-8-22)43-20-40-27(16-32(43)45)25-15-24(34)10-11-29(25)44-19-31(41-42-44)33(35,36)37/h2-4,7-8,10-16,19-21,26,30,38H,5-6,9,17-18H2,1H3/t21-,26?,30+/m1/s1. The van der Waals surface area contributed by atoms with Crippen molar-refractivity contribution in [1.82, 2.24) is 34.8 Å². The number of fused-ring (bicyclic) bond motifs is 2. The Labute approximate surface area is 262 Å². The second-order valence-corrected chi connectivity index (χ2v) is 11.9. The number of halogens is 4. The lowest BCUT2D eigenvalue weighted by molar-refractivity contribution is -0.141. The van der Waals surface area contributed by atoms with Crippen molar-refractivity contribution < 1.29 is 13.2 Å². The summed E-state index contributed by atoms with van der Waals surface area (Å²) >= 11 is 6.27. The molecule has 0 amide bonds. The molecule has 2 bridgehead atoms. The van der Waals surface area contributed by atoms with E-state index in [1.54, 1.807) is 10.8 Å². The van der Waals surface area contributed by atoms with Gasteiger partial charge in [0.2, 0.25) is 0 Å². The predicted octanol–water partition coefficient (Wildman–Crippen LogP) is 6.69. The zero-order valence-electron chi connectivity index (χ0n) is 24.5. The van der Waals surface area contributed by atoms with Gasteiger partial charge in [-0.25, -0.2) is 9.67 Å². The molecule has 45 heavy (non-hydrogen) atoms. The fourth-order valence-corrected chi connectivity index (χ4v) is 6.03. The number of hydrogen-bond donors (Lipinski definition) is 1. The number of alkyl halides is 3. The van der Waals surface area contributed by atoms with Crippen LogP contribution in [0, 0.1) is 5.92 Å². The lowest BCUT2D eigenvalue weighted by atomic mass is 9.89. The quantitative estimate of drug-likeness (QED) is 0.237. The molecule has 0 fully saturated rings. The Kier molecular flexibility index (Phi) is 8.82. The monoisotopic (exact) mass is 633 g/mol. The van der Waals surface area contributed by atoms with E-state index in [1.165, 1.54) is 36.2 Å². The van der Waals surface area contributed by atoms with E-state index in [0.717, 1.165) is 48.1 Å². The Morgan fingerprint density at radius 2 is 1.78 bits per heavy atom. The first kappa shape index (κ1) is 30.7. The number of benzene rings is 2. The van der Waals surface area contributed by atoms with Crippen molar-refractivity contribution in [3.8, 4) is 16.9 Å². The van der Waals surface area contributed by atoms with E-state index in [4.69, 9.17) is 16.6 Å². The first-order valence-corrected chi connectivity index (χ1v) is 15.1. The molecule has 4 heterocycles. The number of aromatic nitrogens is 6. The minimum Gasteiger partial charge on any atom is -0.316 e. The Balaban J connectivity index is 1.39. The molecule has 0 spiro atoms. The summed E-state index contributed by atoms with van der Waals surface area (Å²) < 4.78 is 42.3. The van der Waals surface area contributed by atoms with Gasteiger partial charge in [0.1, 0.15) is 0 Å². The van der Waals surface area contributed by atoms with Crippen LogP contribution in [0.1, 0.15) is 60.7 Å². The van der Waals surface area contributed by atoms with Crippen molar-refractivity contribution in [2.45, 2.75) is 44.3 Å². The lowest BCUT2D eigenvalue weighted by Gasteiger charge is -2.25. The van der Waals surface area contributed by atoms with Crippen LogP contribution in [-0.4, -0.2) is 42.6 Å². The van der Waals surface area contributed by atoms with Gasteiger partial charge in [-0.1, -0.05) is 60.5 Å². The molecule has 232 valence electrons. The Hall–Kier alpha value is -4.35. The summed E-state index contributed by atoms with van der Waals surface area (Å²) in [6.07, 6.45) is 1.94. The maximum absolute atomic E-state index is 13.8. The summed E-state index contributed by atoms with van der Waals surface area (Å²) in [4.78, 5) is 23.1.